The summed E-state index contributed by atoms with van der Waals surface area (Å²) in [4.78, 5) is 20.5. The predicted molar refractivity (Wildman–Crippen MR) is 133 cm³/mol. The summed E-state index contributed by atoms with van der Waals surface area (Å²) >= 11 is 7.17. The average Bonchev–Trinajstić information content (AvgIpc) is 2.74. The average molecular weight is 479 g/mol. The lowest BCUT2D eigenvalue weighted by molar-refractivity contribution is 0.109. The van der Waals surface area contributed by atoms with Gasteiger partial charge in [0.05, 0.1) is 52.6 Å². The zero-order valence-corrected chi connectivity index (χ0v) is 19.5. The number of pyridine rings is 2. The molecule has 3 heterocycles. The Morgan fingerprint density at radius 1 is 1.24 bits per heavy atom. The van der Waals surface area contributed by atoms with E-state index in [9.17, 15) is 4.39 Å². The van der Waals surface area contributed by atoms with Gasteiger partial charge >= 0.3 is 0 Å². The molecule has 0 saturated heterocycles. The van der Waals surface area contributed by atoms with Crippen molar-refractivity contribution in [1.29, 1.82) is 0 Å². The Hall–Kier alpha value is -2.37. The molecule has 0 fully saturated rings. The van der Waals surface area contributed by atoms with Gasteiger partial charge in [-0.3, -0.25) is 4.99 Å². The van der Waals surface area contributed by atoms with Crippen LogP contribution in [0.2, 0.25) is 5.02 Å². The second kappa shape index (κ2) is 10.3. The van der Waals surface area contributed by atoms with Gasteiger partial charge in [0.25, 0.3) is 0 Å². The van der Waals surface area contributed by atoms with Crippen LogP contribution >= 0.6 is 23.4 Å². The summed E-state index contributed by atoms with van der Waals surface area (Å²) < 4.78 is 19.2. The highest BCUT2D eigenvalue weighted by Gasteiger charge is 2.31. The maximum Gasteiger partial charge on any atom is 0.216 e. The van der Waals surface area contributed by atoms with Gasteiger partial charge in [-0.25, -0.2) is 19.9 Å². The van der Waals surface area contributed by atoms with Crippen LogP contribution in [0.3, 0.4) is 0 Å². The molecule has 0 aromatic carbocycles. The second-order valence-electron chi connectivity index (χ2n) is 7.48. The summed E-state index contributed by atoms with van der Waals surface area (Å²) in [7, 11) is 18.1. The van der Waals surface area contributed by atoms with Crippen molar-refractivity contribution in [3.05, 3.63) is 47.4 Å². The molecule has 3 aromatic heterocycles. The summed E-state index contributed by atoms with van der Waals surface area (Å²) in [6, 6.07) is 3.27. The molecular formula is C19H18B3ClFN7OS. The summed E-state index contributed by atoms with van der Waals surface area (Å²) in [5.41, 5.74) is 7.72. The van der Waals surface area contributed by atoms with Crippen molar-refractivity contribution in [2.45, 2.75) is 23.4 Å². The minimum Gasteiger partial charge on any atom is -0.401 e. The van der Waals surface area contributed by atoms with Crippen molar-refractivity contribution in [2.75, 3.05) is 19.0 Å². The number of halogens is 2. The lowest BCUT2D eigenvalue weighted by Crippen LogP contribution is -2.42. The number of ether oxygens (including phenoxy) is 1. The zero-order chi connectivity index (χ0) is 24.2. The predicted octanol–water partition coefficient (Wildman–Crippen LogP) is 2.07. The normalized spacial score (nSPS) is 14.2. The number of nitrogens with two attached hydrogens (primary N) is 1. The Kier molecular flexibility index (Phi) is 7.86. The van der Waals surface area contributed by atoms with Crippen molar-refractivity contribution in [3.63, 3.8) is 0 Å². The SMILES string of the molecule is [B]C([B])([B])OC[C@@](C)(Cc1cc(Nc2ncnc3cc(Cl)cnc23)cnc1F)SC(N)=NC. The number of rotatable bonds is 8. The Morgan fingerprint density at radius 3 is 2.70 bits per heavy atom. The first kappa shape index (κ1) is 25.3. The van der Waals surface area contributed by atoms with Crippen molar-refractivity contribution in [1.82, 2.24) is 19.9 Å². The zero-order valence-electron chi connectivity index (χ0n) is 17.9. The van der Waals surface area contributed by atoms with E-state index in [0.29, 0.717) is 27.6 Å². The standard InChI is InChI=1S/C19H18B3ClFN7OS/c1-18(33-17(25)26-2,8-32-19(20,21)22)5-10-3-12(7-28-15(10)24)31-16-14-13(29-9-30-16)4-11(23)6-27-14/h3-4,6-7,9H,5,8H2,1-2H3,(H2,25,26)(H,29,30,31)/t18-/m1/s1. The van der Waals surface area contributed by atoms with E-state index in [-0.39, 0.29) is 23.8 Å². The third-order valence-corrected chi connectivity index (χ3v) is 5.73. The Balaban J connectivity index is 1.89. The van der Waals surface area contributed by atoms with Gasteiger partial charge in [0.1, 0.15) is 11.8 Å². The van der Waals surface area contributed by atoms with E-state index in [1.165, 1.54) is 30.5 Å². The fourth-order valence-electron chi connectivity index (χ4n) is 2.93. The van der Waals surface area contributed by atoms with Crippen molar-refractivity contribution in [2.24, 2.45) is 10.7 Å². The fourth-order valence-corrected chi connectivity index (χ4v) is 4.02. The molecule has 3 rings (SSSR count). The van der Waals surface area contributed by atoms with Gasteiger partial charge in [0.15, 0.2) is 11.0 Å². The second-order valence-corrected chi connectivity index (χ2v) is 9.52. The van der Waals surface area contributed by atoms with Gasteiger partial charge in [-0.15, -0.1) is 0 Å². The molecule has 0 unspecified atom stereocenters. The van der Waals surface area contributed by atoms with Crippen molar-refractivity contribution in [3.8, 4) is 0 Å². The smallest absolute Gasteiger partial charge is 0.216 e. The molecule has 33 heavy (non-hydrogen) atoms. The number of aliphatic imine (C=N–C) groups is 1. The lowest BCUT2D eigenvalue weighted by atomic mass is 9.52. The monoisotopic (exact) mass is 479 g/mol. The van der Waals surface area contributed by atoms with E-state index in [1.807, 2.05) is 0 Å². The third kappa shape index (κ3) is 7.06. The fraction of sp³-hybridized carbons (Fsp3) is 0.316. The van der Waals surface area contributed by atoms with Crippen molar-refractivity contribution >= 4 is 74.6 Å². The number of hydrogen-bond acceptors (Lipinski definition) is 8. The summed E-state index contributed by atoms with van der Waals surface area (Å²) in [6.45, 7) is 1.77. The molecule has 164 valence electrons. The number of amidine groups is 1. The van der Waals surface area contributed by atoms with E-state index in [1.54, 1.807) is 26.1 Å². The molecule has 3 N–H and O–H groups in total. The largest absolute Gasteiger partial charge is 0.401 e. The first-order valence-electron chi connectivity index (χ1n) is 9.57. The molecule has 14 heteroatoms. The van der Waals surface area contributed by atoms with Crippen LogP contribution in [0.1, 0.15) is 12.5 Å². The van der Waals surface area contributed by atoms with Gasteiger partial charge in [-0.05, 0) is 30.8 Å². The number of anilines is 2. The molecule has 6 radical (unpaired) electrons. The van der Waals surface area contributed by atoms with Gasteiger partial charge in [0, 0.05) is 23.6 Å². The highest BCUT2D eigenvalue weighted by molar-refractivity contribution is 8.15. The lowest BCUT2D eigenvalue weighted by Gasteiger charge is -2.33. The number of hydrogen-bond donors (Lipinski definition) is 2. The number of aromatic nitrogens is 4. The maximum absolute atomic E-state index is 14.7. The molecule has 1 atom stereocenters. The number of thioether (sulfide) groups is 1. The van der Waals surface area contributed by atoms with Crippen LogP contribution in [0.5, 0.6) is 0 Å². The van der Waals surface area contributed by atoms with Gasteiger partial charge < -0.3 is 15.8 Å². The topological polar surface area (TPSA) is 111 Å². The van der Waals surface area contributed by atoms with Crippen LogP contribution in [0, 0.1) is 5.95 Å². The van der Waals surface area contributed by atoms with E-state index >= 15 is 0 Å². The molecule has 0 saturated carbocycles. The molecule has 0 aliphatic heterocycles. The molecular weight excluding hydrogens is 461 g/mol. The van der Waals surface area contributed by atoms with E-state index in [0.717, 1.165) is 0 Å². The minimum absolute atomic E-state index is 0.0320. The first-order chi connectivity index (χ1) is 15.5. The number of nitrogens with zero attached hydrogens (tertiary/aromatic N) is 5. The highest BCUT2D eigenvalue weighted by atomic mass is 35.5. The van der Waals surface area contributed by atoms with Gasteiger partial charge in [-0.2, -0.15) is 4.39 Å². The Bertz CT molecular complexity index is 1180. The molecule has 0 spiro atoms. The van der Waals surface area contributed by atoms with Crippen molar-refractivity contribution < 1.29 is 9.13 Å². The van der Waals surface area contributed by atoms with Crippen LogP contribution in [0.25, 0.3) is 11.0 Å². The van der Waals surface area contributed by atoms with Gasteiger partial charge in [-0.1, -0.05) is 23.4 Å². The number of nitrogens with one attached hydrogen (secondary N) is 1. The molecule has 0 bridgehead atoms. The summed E-state index contributed by atoms with van der Waals surface area (Å²) in [5, 5.41) is 1.96. The quantitative estimate of drug-likeness (QED) is 0.219. The van der Waals surface area contributed by atoms with E-state index in [4.69, 9.17) is 45.6 Å². The van der Waals surface area contributed by atoms with Crippen LogP contribution in [0.15, 0.2) is 35.8 Å². The van der Waals surface area contributed by atoms with Crippen LogP contribution < -0.4 is 11.1 Å². The highest BCUT2D eigenvalue weighted by Crippen LogP contribution is 2.32. The van der Waals surface area contributed by atoms with E-state index < -0.39 is 16.0 Å². The van der Waals surface area contributed by atoms with Gasteiger partial charge in [0.2, 0.25) is 5.95 Å². The molecule has 8 nitrogen and oxygen atoms in total. The van der Waals surface area contributed by atoms with E-state index in [2.05, 4.69) is 30.2 Å². The number of fused-ring (bicyclic) bond motifs is 1. The molecule has 3 aromatic rings. The van der Waals surface area contributed by atoms with Crippen LogP contribution in [-0.4, -0.2) is 72.3 Å². The molecule has 0 aliphatic carbocycles. The maximum atomic E-state index is 14.7. The van der Waals surface area contributed by atoms with Crippen LogP contribution in [-0.2, 0) is 11.2 Å². The minimum atomic E-state index is -1.86. The summed E-state index contributed by atoms with van der Waals surface area (Å²) in [6.07, 6.45) is 4.35. The molecule has 0 aliphatic rings. The first-order valence-corrected chi connectivity index (χ1v) is 10.8. The summed E-state index contributed by atoms with van der Waals surface area (Å²) in [5.74, 6) is -0.241. The van der Waals surface area contributed by atoms with Crippen LogP contribution in [0.4, 0.5) is 15.9 Å². The Morgan fingerprint density at radius 2 is 2.00 bits per heavy atom. The third-order valence-electron chi connectivity index (χ3n) is 4.38. The Labute approximate surface area is 204 Å². The molecule has 0 amide bonds.